The van der Waals surface area contributed by atoms with Crippen LogP contribution in [-0.4, -0.2) is 6.54 Å². The smallest absolute Gasteiger partial charge is 0.00830 e. The van der Waals surface area contributed by atoms with Crippen LogP contribution in [-0.2, 0) is 12.8 Å². The predicted molar refractivity (Wildman–Crippen MR) is 93.0 cm³/mol. The number of fused-ring (bicyclic) bond motifs is 1. The monoisotopic (exact) mass is 295 g/mol. The number of hydrogen-bond acceptors (Lipinski definition) is 2. The molecule has 0 aliphatic heterocycles. The van der Waals surface area contributed by atoms with E-state index in [1.165, 1.54) is 56.2 Å². The Hall–Kier alpha value is -0.340. The molecule has 1 aromatic rings. The van der Waals surface area contributed by atoms with Crippen molar-refractivity contribution in [3.63, 3.8) is 0 Å². The van der Waals surface area contributed by atoms with Crippen LogP contribution < -0.4 is 5.73 Å². The van der Waals surface area contributed by atoms with E-state index in [1.54, 1.807) is 16.0 Å². The van der Waals surface area contributed by atoms with Crippen molar-refractivity contribution in [1.82, 2.24) is 0 Å². The maximum Gasteiger partial charge on any atom is 0.00830 e. The van der Waals surface area contributed by atoms with Crippen molar-refractivity contribution in [2.24, 2.45) is 5.73 Å². The van der Waals surface area contributed by atoms with Gasteiger partial charge >= 0.3 is 0 Å². The van der Waals surface area contributed by atoms with Crippen molar-refractivity contribution in [3.8, 4) is 0 Å². The summed E-state index contributed by atoms with van der Waals surface area (Å²) >= 11 is 2.02. The molecule has 1 unspecified atom stereocenters. The topological polar surface area (TPSA) is 26.0 Å². The van der Waals surface area contributed by atoms with Crippen molar-refractivity contribution in [2.75, 3.05) is 6.54 Å². The van der Waals surface area contributed by atoms with Crippen LogP contribution in [0.3, 0.4) is 0 Å². The molecule has 2 rings (SSSR count). The summed E-state index contributed by atoms with van der Waals surface area (Å²) in [6, 6.07) is 0. The van der Waals surface area contributed by atoms with Crippen molar-refractivity contribution in [3.05, 3.63) is 20.9 Å². The van der Waals surface area contributed by atoms with Gasteiger partial charge in [-0.15, -0.1) is 11.3 Å². The Balaban J connectivity index is 0.000000347. The van der Waals surface area contributed by atoms with Gasteiger partial charge in [-0.3, -0.25) is 0 Å². The maximum absolute atomic E-state index is 5.81. The highest BCUT2D eigenvalue weighted by atomic mass is 32.1. The normalized spacial score (nSPS) is 15.8. The molecule has 0 spiro atoms. The zero-order chi connectivity index (χ0) is 15.0. The van der Waals surface area contributed by atoms with Gasteiger partial charge in [0.05, 0.1) is 0 Å². The molecule has 1 aromatic heterocycles. The zero-order valence-corrected chi connectivity index (χ0v) is 14.7. The van der Waals surface area contributed by atoms with Crippen LogP contribution >= 0.6 is 11.3 Å². The van der Waals surface area contributed by atoms with Crippen LogP contribution in [0.25, 0.3) is 0 Å². The SMILES string of the molecule is CCCCC.Cc1sc2c(c1C(C)CN)CCCCC2. The fourth-order valence-corrected chi connectivity index (χ4v) is 4.41. The lowest BCUT2D eigenvalue weighted by Gasteiger charge is -2.12. The van der Waals surface area contributed by atoms with Crippen LogP contribution in [0, 0.1) is 6.92 Å². The van der Waals surface area contributed by atoms with Crippen LogP contribution in [0.1, 0.15) is 86.1 Å². The average molecular weight is 296 g/mol. The third-order valence-corrected chi connectivity index (χ3v) is 5.42. The summed E-state index contributed by atoms with van der Waals surface area (Å²) in [7, 11) is 0. The Kier molecular flexibility index (Phi) is 8.47. The predicted octanol–water partition coefficient (Wildman–Crippen LogP) is 5.58. The standard InChI is InChI=1S/C13H21NS.C5H12/c1-9(8-14)13-10(2)15-12-7-5-3-4-6-11(12)13;1-3-5-4-2/h9H,3-8,14H2,1-2H3;3-5H2,1-2H3. The molecule has 0 saturated heterocycles. The van der Waals surface area contributed by atoms with Gasteiger partial charge in [0.15, 0.2) is 0 Å². The zero-order valence-electron chi connectivity index (χ0n) is 13.9. The molecule has 1 aliphatic carbocycles. The molecule has 0 radical (unpaired) electrons. The van der Waals surface area contributed by atoms with Gasteiger partial charge < -0.3 is 5.73 Å². The molecule has 2 N–H and O–H groups in total. The van der Waals surface area contributed by atoms with Crippen molar-refractivity contribution in [2.45, 2.75) is 85.0 Å². The van der Waals surface area contributed by atoms with Gasteiger partial charge in [0.25, 0.3) is 0 Å². The van der Waals surface area contributed by atoms with Crippen LogP contribution in [0.5, 0.6) is 0 Å². The summed E-state index contributed by atoms with van der Waals surface area (Å²) in [5, 5.41) is 0. The van der Waals surface area contributed by atoms with Gasteiger partial charge in [-0.25, -0.2) is 0 Å². The minimum absolute atomic E-state index is 0.545. The molecule has 0 aromatic carbocycles. The Bertz CT molecular complexity index is 379. The van der Waals surface area contributed by atoms with Gasteiger partial charge in [0, 0.05) is 9.75 Å². The van der Waals surface area contributed by atoms with Crippen molar-refractivity contribution < 1.29 is 0 Å². The number of thiophene rings is 1. The van der Waals surface area contributed by atoms with E-state index in [2.05, 4.69) is 27.7 Å². The first kappa shape index (κ1) is 17.7. The molecule has 0 fully saturated rings. The second-order valence-corrected chi connectivity index (χ2v) is 7.33. The van der Waals surface area contributed by atoms with E-state index in [0.29, 0.717) is 5.92 Å². The summed E-state index contributed by atoms with van der Waals surface area (Å²) in [6.07, 6.45) is 10.8. The molecule has 116 valence electrons. The maximum atomic E-state index is 5.81. The lowest BCUT2D eigenvalue weighted by Crippen LogP contribution is -2.11. The fraction of sp³-hybridized carbons (Fsp3) is 0.778. The van der Waals surface area contributed by atoms with Crippen LogP contribution in [0.4, 0.5) is 0 Å². The Morgan fingerprint density at radius 2 is 1.75 bits per heavy atom. The van der Waals surface area contributed by atoms with Crippen LogP contribution in [0.15, 0.2) is 0 Å². The Morgan fingerprint density at radius 1 is 1.10 bits per heavy atom. The van der Waals surface area contributed by atoms with E-state index in [-0.39, 0.29) is 0 Å². The summed E-state index contributed by atoms with van der Waals surface area (Å²) < 4.78 is 0. The molecule has 1 atom stereocenters. The minimum atomic E-state index is 0.545. The molecule has 2 heteroatoms. The number of hydrogen-bond donors (Lipinski definition) is 1. The molecule has 20 heavy (non-hydrogen) atoms. The number of rotatable bonds is 4. The van der Waals surface area contributed by atoms with E-state index in [4.69, 9.17) is 5.73 Å². The fourth-order valence-electron chi connectivity index (χ4n) is 3.02. The lowest BCUT2D eigenvalue weighted by atomic mass is 9.94. The number of nitrogens with two attached hydrogens (primary N) is 1. The summed E-state index contributed by atoms with van der Waals surface area (Å²) in [6.45, 7) is 9.73. The van der Waals surface area contributed by atoms with E-state index in [0.717, 1.165) is 6.54 Å². The second kappa shape index (κ2) is 9.57. The van der Waals surface area contributed by atoms with E-state index >= 15 is 0 Å². The molecule has 0 bridgehead atoms. The first-order valence-electron chi connectivity index (χ1n) is 8.46. The molecular weight excluding hydrogens is 262 g/mol. The molecule has 0 saturated carbocycles. The Labute approximate surface area is 130 Å². The second-order valence-electron chi connectivity index (χ2n) is 6.02. The highest BCUT2D eigenvalue weighted by Gasteiger charge is 2.20. The highest BCUT2D eigenvalue weighted by Crippen LogP contribution is 2.36. The van der Waals surface area contributed by atoms with E-state index in [1.807, 2.05) is 11.3 Å². The molecule has 1 aliphatic rings. The summed E-state index contributed by atoms with van der Waals surface area (Å²) in [4.78, 5) is 3.17. The van der Waals surface area contributed by atoms with Gasteiger partial charge in [-0.1, -0.05) is 46.5 Å². The minimum Gasteiger partial charge on any atom is -0.330 e. The lowest BCUT2D eigenvalue weighted by molar-refractivity contribution is 0.704. The summed E-state index contributed by atoms with van der Waals surface area (Å²) in [5.41, 5.74) is 9.05. The van der Waals surface area contributed by atoms with Gasteiger partial charge in [-0.05, 0) is 56.2 Å². The Morgan fingerprint density at radius 3 is 2.30 bits per heavy atom. The first-order chi connectivity index (χ1) is 9.65. The number of unbranched alkanes of at least 4 members (excludes halogenated alkanes) is 2. The third-order valence-electron chi connectivity index (χ3n) is 4.20. The average Bonchev–Trinajstić information content (AvgIpc) is 2.61. The largest absolute Gasteiger partial charge is 0.330 e. The van der Waals surface area contributed by atoms with Crippen molar-refractivity contribution >= 4 is 11.3 Å². The highest BCUT2D eigenvalue weighted by molar-refractivity contribution is 7.12. The first-order valence-corrected chi connectivity index (χ1v) is 9.28. The van der Waals surface area contributed by atoms with Gasteiger partial charge in [0.2, 0.25) is 0 Å². The van der Waals surface area contributed by atoms with Gasteiger partial charge in [-0.2, -0.15) is 0 Å². The number of aryl methyl sites for hydroxylation is 2. The third kappa shape index (κ3) is 4.89. The molecule has 1 heterocycles. The molecular formula is C18H33NS. The molecule has 0 amide bonds. The van der Waals surface area contributed by atoms with E-state index < -0.39 is 0 Å². The van der Waals surface area contributed by atoms with Crippen molar-refractivity contribution in [1.29, 1.82) is 0 Å². The van der Waals surface area contributed by atoms with Gasteiger partial charge in [0.1, 0.15) is 0 Å². The summed E-state index contributed by atoms with van der Waals surface area (Å²) in [5.74, 6) is 0.545. The quantitative estimate of drug-likeness (QED) is 0.720. The van der Waals surface area contributed by atoms with Crippen LogP contribution in [0.2, 0.25) is 0 Å². The van der Waals surface area contributed by atoms with E-state index in [9.17, 15) is 0 Å². The molecule has 1 nitrogen and oxygen atoms in total.